The Morgan fingerprint density at radius 2 is 1.95 bits per heavy atom. The number of aldehydes is 1. The molecule has 1 fully saturated rings. The highest BCUT2D eigenvalue weighted by Gasteiger charge is 2.32. The maximum atomic E-state index is 12.8. The molecule has 1 aliphatic heterocycles. The van der Waals surface area contributed by atoms with Gasteiger partial charge < -0.3 is 5.11 Å². The normalized spacial score (nSPS) is 17.4. The fourth-order valence-corrected chi connectivity index (χ4v) is 2.81. The molecule has 0 aliphatic carbocycles. The molecule has 4 nitrogen and oxygen atoms in total. The zero-order valence-electron chi connectivity index (χ0n) is 11.8. The van der Waals surface area contributed by atoms with E-state index in [0.717, 1.165) is 12.1 Å². The first-order valence-corrected chi connectivity index (χ1v) is 6.91. The molecule has 1 N–H and O–H groups in total. The number of hydrogen-bond donors (Lipinski definition) is 1. The van der Waals surface area contributed by atoms with Gasteiger partial charge in [-0.1, -0.05) is 6.07 Å². The molecule has 1 saturated heterocycles. The molecule has 1 aromatic rings. The van der Waals surface area contributed by atoms with Gasteiger partial charge >= 0.3 is 12.1 Å². The fourth-order valence-electron chi connectivity index (χ4n) is 2.81. The first-order chi connectivity index (χ1) is 10.3. The second kappa shape index (κ2) is 6.48. The molecular weight excluding hydrogens is 299 g/mol. The lowest BCUT2D eigenvalue weighted by Crippen LogP contribution is -2.36. The average Bonchev–Trinajstić information content (AvgIpc) is 2.46. The van der Waals surface area contributed by atoms with Gasteiger partial charge in [-0.25, -0.2) is 0 Å². The molecule has 7 heteroatoms. The molecule has 22 heavy (non-hydrogen) atoms. The van der Waals surface area contributed by atoms with Crippen LogP contribution in [0, 0.1) is 0 Å². The van der Waals surface area contributed by atoms with Gasteiger partial charge in [-0.2, -0.15) is 13.2 Å². The monoisotopic (exact) mass is 315 g/mol. The van der Waals surface area contributed by atoms with Crippen LogP contribution in [0.3, 0.4) is 0 Å². The Balaban J connectivity index is 2.18. The highest BCUT2D eigenvalue weighted by atomic mass is 19.4. The lowest BCUT2D eigenvalue weighted by molar-refractivity contribution is -0.139. The minimum absolute atomic E-state index is 0.0736. The van der Waals surface area contributed by atoms with Crippen LogP contribution in [-0.4, -0.2) is 41.9 Å². The molecule has 0 bridgehead atoms. The van der Waals surface area contributed by atoms with Crippen LogP contribution in [0.4, 0.5) is 13.2 Å². The summed E-state index contributed by atoms with van der Waals surface area (Å²) in [6, 6.07) is 3.16. The van der Waals surface area contributed by atoms with E-state index in [1.165, 1.54) is 6.07 Å². The number of carbonyl (C=O) groups excluding carboxylic acids is 1. The Bertz CT molecular complexity index is 564. The Labute approximate surface area is 125 Å². The van der Waals surface area contributed by atoms with Gasteiger partial charge in [0.25, 0.3) is 0 Å². The number of carboxylic acid groups (broad SMARTS) is 1. The Morgan fingerprint density at radius 1 is 1.32 bits per heavy atom. The number of aliphatic carboxylic acids is 1. The number of piperidine rings is 1. The number of nitrogens with zero attached hydrogens (tertiary/aromatic N) is 1. The van der Waals surface area contributed by atoms with Crippen molar-refractivity contribution in [2.75, 3.05) is 19.6 Å². The van der Waals surface area contributed by atoms with E-state index in [9.17, 15) is 22.8 Å². The van der Waals surface area contributed by atoms with Crippen molar-refractivity contribution in [2.24, 2.45) is 0 Å². The predicted octanol–water partition coefficient (Wildman–Crippen LogP) is 2.78. The quantitative estimate of drug-likeness (QED) is 0.868. The van der Waals surface area contributed by atoms with Crippen LogP contribution >= 0.6 is 0 Å². The van der Waals surface area contributed by atoms with Crippen LogP contribution in [0.1, 0.15) is 40.2 Å². The Hall–Kier alpha value is -1.89. The number of carboxylic acids is 1. The molecule has 0 saturated carbocycles. The van der Waals surface area contributed by atoms with E-state index >= 15 is 0 Å². The summed E-state index contributed by atoms with van der Waals surface area (Å²) >= 11 is 0. The number of halogens is 3. The van der Waals surface area contributed by atoms with Crippen LogP contribution < -0.4 is 0 Å². The smallest absolute Gasteiger partial charge is 0.416 e. The van der Waals surface area contributed by atoms with Gasteiger partial charge in [0.15, 0.2) is 0 Å². The number of rotatable bonds is 4. The lowest BCUT2D eigenvalue weighted by atomic mass is 9.85. The fraction of sp³-hybridized carbons (Fsp3) is 0.467. The van der Waals surface area contributed by atoms with Crippen molar-refractivity contribution < 1.29 is 27.9 Å². The van der Waals surface area contributed by atoms with Gasteiger partial charge in [-0.15, -0.1) is 0 Å². The minimum atomic E-state index is -4.44. The zero-order chi connectivity index (χ0) is 16.3. The predicted molar refractivity (Wildman–Crippen MR) is 72.9 cm³/mol. The summed E-state index contributed by atoms with van der Waals surface area (Å²) in [7, 11) is 0. The molecular formula is C15H16F3NO3. The minimum Gasteiger partial charge on any atom is -0.480 e. The summed E-state index contributed by atoms with van der Waals surface area (Å²) in [4.78, 5) is 23.5. The van der Waals surface area contributed by atoms with E-state index in [2.05, 4.69) is 0 Å². The van der Waals surface area contributed by atoms with E-state index in [1.54, 1.807) is 4.90 Å². The topological polar surface area (TPSA) is 57.6 Å². The van der Waals surface area contributed by atoms with Crippen molar-refractivity contribution in [1.82, 2.24) is 4.90 Å². The molecule has 0 radical (unpaired) electrons. The summed E-state index contributed by atoms with van der Waals surface area (Å²) in [5.41, 5.74) is -0.0921. The van der Waals surface area contributed by atoms with E-state index in [1.807, 2.05) is 0 Å². The zero-order valence-corrected chi connectivity index (χ0v) is 11.8. The highest BCUT2D eigenvalue weighted by molar-refractivity contribution is 5.78. The van der Waals surface area contributed by atoms with Crippen LogP contribution in [0.2, 0.25) is 0 Å². The van der Waals surface area contributed by atoms with Crippen LogP contribution in [-0.2, 0) is 11.0 Å². The number of benzene rings is 1. The van der Waals surface area contributed by atoms with Crippen molar-refractivity contribution in [2.45, 2.75) is 24.9 Å². The van der Waals surface area contributed by atoms with Crippen LogP contribution in [0.15, 0.2) is 18.2 Å². The summed E-state index contributed by atoms with van der Waals surface area (Å²) < 4.78 is 38.4. The Morgan fingerprint density at radius 3 is 2.45 bits per heavy atom. The third-order valence-corrected chi connectivity index (χ3v) is 3.93. The molecule has 1 aromatic carbocycles. The van der Waals surface area contributed by atoms with E-state index in [4.69, 9.17) is 5.11 Å². The van der Waals surface area contributed by atoms with Gasteiger partial charge in [0.2, 0.25) is 0 Å². The molecule has 1 heterocycles. The van der Waals surface area contributed by atoms with Crippen LogP contribution in [0.25, 0.3) is 0 Å². The maximum absolute atomic E-state index is 12.8. The standard InChI is InChI=1S/C15H16F3NO3/c16-15(17,18)12-2-1-11(9-20)13(7-12)10-3-5-19(6-4-10)8-14(21)22/h1-2,7,9-10H,3-6,8H2,(H,21,22). The molecule has 0 aromatic heterocycles. The van der Waals surface area contributed by atoms with Crippen molar-refractivity contribution in [3.05, 3.63) is 34.9 Å². The lowest BCUT2D eigenvalue weighted by Gasteiger charge is -2.31. The SMILES string of the molecule is O=Cc1ccc(C(F)(F)F)cc1C1CCN(CC(=O)O)CC1. The highest BCUT2D eigenvalue weighted by Crippen LogP contribution is 2.35. The largest absolute Gasteiger partial charge is 0.480 e. The summed E-state index contributed by atoms with van der Waals surface area (Å²) in [5.74, 6) is -1.08. The molecule has 1 aliphatic rings. The van der Waals surface area contributed by atoms with Gasteiger partial charge in [0, 0.05) is 5.56 Å². The molecule has 0 spiro atoms. The first-order valence-electron chi connectivity index (χ1n) is 6.91. The third-order valence-electron chi connectivity index (χ3n) is 3.93. The van der Waals surface area contributed by atoms with E-state index < -0.39 is 17.7 Å². The van der Waals surface area contributed by atoms with Crippen molar-refractivity contribution in [3.8, 4) is 0 Å². The summed E-state index contributed by atoms with van der Waals surface area (Å²) in [6.45, 7) is 0.910. The van der Waals surface area contributed by atoms with Crippen molar-refractivity contribution in [1.29, 1.82) is 0 Å². The average molecular weight is 315 g/mol. The van der Waals surface area contributed by atoms with Crippen LogP contribution in [0.5, 0.6) is 0 Å². The second-order valence-electron chi connectivity index (χ2n) is 5.40. The summed E-state index contributed by atoms with van der Waals surface area (Å²) in [6.07, 6.45) is -2.80. The molecule has 0 atom stereocenters. The van der Waals surface area contributed by atoms with E-state index in [-0.39, 0.29) is 18.0 Å². The first kappa shape index (κ1) is 16.5. The van der Waals surface area contributed by atoms with Crippen molar-refractivity contribution >= 4 is 12.3 Å². The molecule has 120 valence electrons. The molecule has 0 amide bonds. The van der Waals surface area contributed by atoms with Gasteiger partial charge in [0.1, 0.15) is 6.29 Å². The number of hydrogen-bond acceptors (Lipinski definition) is 3. The van der Waals surface area contributed by atoms with Gasteiger partial charge in [0.05, 0.1) is 12.1 Å². The molecule has 0 unspecified atom stereocenters. The number of carbonyl (C=O) groups is 2. The second-order valence-corrected chi connectivity index (χ2v) is 5.40. The third kappa shape index (κ3) is 3.85. The van der Waals surface area contributed by atoms with E-state index in [0.29, 0.717) is 37.8 Å². The van der Waals surface area contributed by atoms with Gasteiger partial charge in [-0.05, 0) is 49.5 Å². The van der Waals surface area contributed by atoms with Gasteiger partial charge in [-0.3, -0.25) is 14.5 Å². The molecule has 2 rings (SSSR count). The summed E-state index contributed by atoms with van der Waals surface area (Å²) in [5, 5.41) is 8.74. The number of alkyl halides is 3. The van der Waals surface area contributed by atoms with Crippen molar-refractivity contribution in [3.63, 3.8) is 0 Å². The Kier molecular flexibility index (Phi) is 4.85. The maximum Gasteiger partial charge on any atom is 0.416 e. The number of likely N-dealkylation sites (tertiary alicyclic amines) is 1.